The Morgan fingerprint density at radius 1 is 1.67 bits per heavy atom. The number of carboxylic acid groups (broad SMARTS) is 1. The Labute approximate surface area is 89.1 Å². The summed E-state index contributed by atoms with van der Waals surface area (Å²) in [5.41, 5.74) is 0.686. The topological polar surface area (TPSA) is 67.2 Å². The van der Waals surface area contributed by atoms with Gasteiger partial charge < -0.3 is 10.4 Å². The lowest BCUT2D eigenvalue weighted by molar-refractivity contribution is -0.139. The summed E-state index contributed by atoms with van der Waals surface area (Å²) in [5, 5.41) is 16.0. The Hall–Kier alpha value is -1.36. The van der Waals surface area contributed by atoms with E-state index in [1.54, 1.807) is 24.1 Å². The Bertz CT molecular complexity index is 333. The van der Waals surface area contributed by atoms with E-state index in [9.17, 15) is 4.79 Å². The van der Waals surface area contributed by atoms with Gasteiger partial charge in [0.25, 0.3) is 0 Å². The van der Waals surface area contributed by atoms with Crippen LogP contribution in [0, 0.1) is 5.92 Å². The van der Waals surface area contributed by atoms with E-state index in [-0.39, 0.29) is 0 Å². The third-order valence-corrected chi connectivity index (χ3v) is 2.04. The van der Waals surface area contributed by atoms with Gasteiger partial charge >= 0.3 is 5.97 Å². The fourth-order valence-electron chi connectivity index (χ4n) is 1.29. The predicted octanol–water partition coefficient (Wildman–Crippen LogP) is 0.791. The van der Waals surface area contributed by atoms with E-state index in [2.05, 4.69) is 10.4 Å². The number of carbonyl (C=O) groups is 1. The van der Waals surface area contributed by atoms with Gasteiger partial charge in [0.15, 0.2) is 0 Å². The minimum absolute atomic E-state index is 0.420. The standard InChI is InChI=1S/C10H17N3O2/c1-7(2)4-11-9(10(14)15)8-5-12-13(3)6-8/h5-7,9,11H,4H2,1-3H3,(H,14,15). The van der Waals surface area contributed by atoms with Crippen molar-refractivity contribution in [2.75, 3.05) is 6.54 Å². The molecule has 0 radical (unpaired) electrons. The number of nitrogens with one attached hydrogen (secondary N) is 1. The van der Waals surface area contributed by atoms with Gasteiger partial charge in [0.05, 0.1) is 6.20 Å². The lowest BCUT2D eigenvalue weighted by Gasteiger charge is -2.14. The average molecular weight is 211 g/mol. The maximum Gasteiger partial charge on any atom is 0.325 e. The molecule has 0 aliphatic rings. The van der Waals surface area contributed by atoms with E-state index in [1.807, 2.05) is 13.8 Å². The third kappa shape index (κ3) is 3.36. The molecular weight excluding hydrogens is 194 g/mol. The second kappa shape index (κ2) is 4.93. The Balaban J connectivity index is 2.70. The van der Waals surface area contributed by atoms with Gasteiger partial charge in [-0.25, -0.2) is 0 Å². The predicted molar refractivity (Wildman–Crippen MR) is 56.4 cm³/mol. The van der Waals surface area contributed by atoms with Crippen LogP contribution in [0.15, 0.2) is 12.4 Å². The molecule has 0 spiro atoms. The highest BCUT2D eigenvalue weighted by Crippen LogP contribution is 2.12. The summed E-state index contributed by atoms with van der Waals surface area (Å²) in [6, 6.07) is -0.666. The fourth-order valence-corrected chi connectivity index (χ4v) is 1.29. The first-order valence-electron chi connectivity index (χ1n) is 4.95. The Kier molecular flexibility index (Phi) is 3.85. The molecule has 5 heteroatoms. The lowest BCUT2D eigenvalue weighted by Crippen LogP contribution is -2.31. The summed E-state index contributed by atoms with van der Waals surface area (Å²) in [5.74, 6) is -0.452. The van der Waals surface area contributed by atoms with E-state index < -0.39 is 12.0 Å². The zero-order valence-electron chi connectivity index (χ0n) is 9.27. The van der Waals surface area contributed by atoms with Gasteiger partial charge in [0, 0.05) is 18.8 Å². The van der Waals surface area contributed by atoms with Crippen LogP contribution in [0.5, 0.6) is 0 Å². The molecule has 2 N–H and O–H groups in total. The minimum Gasteiger partial charge on any atom is -0.480 e. The number of rotatable bonds is 5. The normalized spacial score (nSPS) is 13.1. The van der Waals surface area contributed by atoms with Gasteiger partial charge in [-0.05, 0) is 12.5 Å². The molecule has 0 bridgehead atoms. The van der Waals surface area contributed by atoms with Crippen molar-refractivity contribution in [3.63, 3.8) is 0 Å². The van der Waals surface area contributed by atoms with Gasteiger partial charge in [0.1, 0.15) is 6.04 Å². The second-order valence-corrected chi connectivity index (χ2v) is 4.02. The van der Waals surface area contributed by atoms with Crippen molar-refractivity contribution in [2.45, 2.75) is 19.9 Å². The fraction of sp³-hybridized carbons (Fsp3) is 0.600. The summed E-state index contributed by atoms with van der Waals surface area (Å²) in [7, 11) is 1.77. The molecule has 1 heterocycles. The molecule has 0 aromatic carbocycles. The molecule has 1 aromatic heterocycles. The number of aryl methyl sites for hydroxylation is 1. The number of aliphatic carboxylic acids is 1. The molecule has 1 rings (SSSR count). The highest BCUT2D eigenvalue weighted by atomic mass is 16.4. The van der Waals surface area contributed by atoms with Gasteiger partial charge in [-0.3, -0.25) is 9.48 Å². The molecule has 1 atom stereocenters. The maximum atomic E-state index is 11.0. The van der Waals surface area contributed by atoms with E-state index in [4.69, 9.17) is 5.11 Å². The monoisotopic (exact) mass is 211 g/mol. The molecule has 0 aliphatic heterocycles. The summed E-state index contributed by atoms with van der Waals surface area (Å²) in [6.07, 6.45) is 3.29. The molecule has 15 heavy (non-hydrogen) atoms. The zero-order chi connectivity index (χ0) is 11.4. The van der Waals surface area contributed by atoms with E-state index in [1.165, 1.54) is 0 Å². The van der Waals surface area contributed by atoms with Crippen molar-refractivity contribution in [1.29, 1.82) is 0 Å². The summed E-state index contributed by atoms with van der Waals surface area (Å²) < 4.78 is 1.60. The van der Waals surface area contributed by atoms with Crippen LogP contribution >= 0.6 is 0 Å². The molecule has 1 aromatic rings. The smallest absolute Gasteiger partial charge is 0.325 e. The van der Waals surface area contributed by atoms with Crippen molar-refractivity contribution in [1.82, 2.24) is 15.1 Å². The number of hydrogen-bond donors (Lipinski definition) is 2. The Morgan fingerprint density at radius 2 is 2.33 bits per heavy atom. The van der Waals surface area contributed by atoms with Gasteiger partial charge in [-0.2, -0.15) is 5.10 Å². The number of nitrogens with zero attached hydrogens (tertiary/aromatic N) is 2. The highest BCUT2D eigenvalue weighted by Gasteiger charge is 2.20. The molecule has 0 fully saturated rings. The van der Waals surface area contributed by atoms with Crippen molar-refractivity contribution >= 4 is 5.97 Å². The van der Waals surface area contributed by atoms with Gasteiger partial charge in [-0.1, -0.05) is 13.8 Å². The zero-order valence-corrected chi connectivity index (χ0v) is 9.27. The molecule has 84 valence electrons. The van der Waals surface area contributed by atoms with Crippen LogP contribution in [-0.2, 0) is 11.8 Å². The van der Waals surface area contributed by atoms with Gasteiger partial charge in [-0.15, -0.1) is 0 Å². The quantitative estimate of drug-likeness (QED) is 0.755. The number of hydrogen-bond acceptors (Lipinski definition) is 3. The molecule has 1 unspecified atom stereocenters. The maximum absolute atomic E-state index is 11.0. The number of carboxylic acids is 1. The molecule has 5 nitrogen and oxygen atoms in total. The van der Waals surface area contributed by atoms with Crippen molar-refractivity contribution in [3.05, 3.63) is 18.0 Å². The molecule has 0 saturated heterocycles. The first-order valence-corrected chi connectivity index (χ1v) is 4.95. The van der Waals surface area contributed by atoms with Crippen molar-refractivity contribution < 1.29 is 9.90 Å². The van der Waals surface area contributed by atoms with Gasteiger partial charge in [0.2, 0.25) is 0 Å². The second-order valence-electron chi connectivity index (χ2n) is 4.02. The van der Waals surface area contributed by atoms with Crippen LogP contribution < -0.4 is 5.32 Å². The van der Waals surface area contributed by atoms with Crippen LogP contribution in [0.2, 0.25) is 0 Å². The van der Waals surface area contributed by atoms with Crippen molar-refractivity contribution in [3.8, 4) is 0 Å². The summed E-state index contributed by atoms with van der Waals surface area (Å²) in [6.45, 7) is 4.75. The highest BCUT2D eigenvalue weighted by molar-refractivity contribution is 5.75. The third-order valence-electron chi connectivity index (χ3n) is 2.04. The van der Waals surface area contributed by atoms with Crippen molar-refractivity contribution in [2.24, 2.45) is 13.0 Å². The lowest BCUT2D eigenvalue weighted by atomic mass is 10.1. The average Bonchev–Trinajstić information content (AvgIpc) is 2.51. The minimum atomic E-state index is -0.872. The summed E-state index contributed by atoms with van der Waals surface area (Å²) in [4.78, 5) is 11.0. The SMILES string of the molecule is CC(C)CNC(C(=O)O)c1cnn(C)c1. The van der Waals surface area contributed by atoms with Crippen LogP contribution in [0.4, 0.5) is 0 Å². The molecule has 0 saturated carbocycles. The van der Waals surface area contributed by atoms with E-state index >= 15 is 0 Å². The first-order chi connectivity index (χ1) is 7.00. The van der Waals surface area contributed by atoms with E-state index in [0.717, 1.165) is 0 Å². The first kappa shape index (κ1) is 11.7. The van der Waals surface area contributed by atoms with Crippen LogP contribution in [-0.4, -0.2) is 27.4 Å². The van der Waals surface area contributed by atoms with E-state index in [0.29, 0.717) is 18.0 Å². The van der Waals surface area contributed by atoms with Crippen LogP contribution in [0.25, 0.3) is 0 Å². The van der Waals surface area contributed by atoms with Crippen LogP contribution in [0.3, 0.4) is 0 Å². The largest absolute Gasteiger partial charge is 0.480 e. The molecule has 0 aliphatic carbocycles. The molecular formula is C10H17N3O2. The summed E-state index contributed by atoms with van der Waals surface area (Å²) >= 11 is 0. The Morgan fingerprint density at radius 3 is 2.73 bits per heavy atom. The number of aromatic nitrogens is 2. The molecule has 0 amide bonds. The van der Waals surface area contributed by atoms with Crippen LogP contribution in [0.1, 0.15) is 25.5 Å².